The van der Waals surface area contributed by atoms with Gasteiger partial charge in [0, 0.05) is 12.0 Å². The third-order valence-corrected chi connectivity index (χ3v) is 4.51. The van der Waals surface area contributed by atoms with E-state index in [9.17, 15) is 35.9 Å². The van der Waals surface area contributed by atoms with Crippen LogP contribution in [0.25, 0.3) is 6.08 Å². The predicted octanol–water partition coefficient (Wildman–Crippen LogP) is 4.20. The van der Waals surface area contributed by atoms with Gasteiger partial charge >= 0.3 is 24.7 Å². The zero-order valence-corrected chi connectivity index (χ0v) is 18.7. The molecule has 1 heterocycles. The second-order valence-electron chi connectivity index (χ2n) is 7.14. The summed E-state index contributed by atoms with van der Waals surface area (Å²) in [6.45, 7) is 1.63. The third kappa shape index (κ3) is 8.46. The molecular formula is C20H21F6NO9. The summed E-state index contributed by atoms with van der Waals surface area (Å²) < 4.78 is 101. The summed E-state index contributed by atoms with van der Waals surface area (Å²) in [7, 11) is 0. The van der Waals surface area contributed by atoms with E-state index in [1.807, 2.05) is 0 Å². The molecule has 0 spiro atoms. The Bertz CT molecular complexity index is 964. The van der Waals surface area contributed by atoms with E-state index >= 15 is 0 Å². The average Bonchev–Trinajstić information content (AvgIpc) is 2.76. The maximum Gasteiger partial charge on any atom is 0.573 e. The van der Waals surface area contributed by atoms with Gasteiger partial charge < -0.3 is 23.7 Å². The number of hydrogen-bond donors (Lipinski definition) is 2. The highest BCUT2D eigenvalue weighted by molar-refractivity contribution is 5.96. The van der Waals surface area contributed by atoms with Gasteiger partial charge in [-0.2, -0.15) is 13.2 Å². The van der Waals surface area contributed by atoms with Crippen molar-refractivity contribution in [3.63, 3.8) is 0 Å². The van der Waals surface area contributed by atoms with Crippen LogP contribution in [0.2, 0.25) is 0 Å². The van der Waals surface area contributed by atoms with Crippen molar-refractivity contribution in [1.29, 1.82) is 0 Å². The van der Waals surface area contributed by atoms with Crippen LogP contribution >= 0.6 is 0 Å². The molecule has 0 aromatic heterocycles. The van der Waals surface area contributed by atoms with Crippen LogP contribution in [-0.2, 0) is 30.3 Å². The number of carbonyl (C=O) groups excluding carboxylic acids is 2. The van der Waals surface area contributed by atoms with E-state index in [-0.39, 0.29) is 36.3 Å². The van der Waals surface area contributed by atoms with Gasteiger partial charge in [-0.15, -0.1) is 13.2 Å². The highest BCUT2D eigenvalue weighted by atomic mass is 19.4. The fourth-order valence-corrected chi connectivity index (χ4v) is 2.94. The third-order valence-electron chi connectivity index (χ3n) is 4.51. The van der Waals surface area contributed by atoms with Crippen molar-refractivity contribution in [2.24, 2.45) is 0 Å². The summed E-state index contributed by atoms with van der Waals surface area (Å²) in [4.78, 5) is 28.4. The molecule has 10 nitrogen and oxygen atoms in total. The molecule has 2 rings (SSSR count). The lowest BCUT2D eigenvalue weighted by molar-refractivity contribution is -0.274. The number of alkyl halides is 6. The van der Waals surface area contributed by atoms with Crippen LogP contribution in [0.5, 0.6) is 11.5 Å². The highest BCUT2D eigenvalue weighted by Crippen LogP contribution is 2.42. The molecule has 0 saturated carbocycles. The minimum atomic E-state index is -5.10. The Labute approximate surface area is 199 Å². The molecule has 1 aromatic rings. The van der Waals surface area contributed by atoms with Crippen LogP contribution in [0, 0.1) is 0 Å². The van der Waals surface area contributed by atoms with Gasteiger partial charge in [0.15, 0.2) is 0 Å². The molecule has 1 aromatic carbocycles. The topological polar surface area (TPSA) is 122 Å². The zero-order chi connectivity index (χ0) is 27.1. The summed E-state index contributed by atoms with van der Waals surface area (Å²) in [5.41, 5.74) is 0.0395. The number of nitrogens with one attached hydrogen (secondary N) is 1. The molecule has 2 N–H and O–H groups in total. The minimum Gasteiger partial charge on any atom is -0.475 e. The summed E-state index contributed by atoms with van der Waals surface area (Å²) >= 11 is 0. The van der Waals surface area contributed by atoms with Gasteiger partial charge in [-0.05, 0) is 37.1 Å². The largest absolute Gasteiger partial charge is 0.573 e. The zero-order valence-electron chi connectivity index (χ0n) is 18.7. The molecule has 0 saturated heterocycles. The van der Waals surface area contributed by atoms with E-state index in [0.29, 0.717) is 6.08 Å². The van der Waals surface area contributed by atoms with Gasteiger partial charge in [0.2, 0.25) is 12.9 Å². The van der Waals surface area contributed by atoms with E-state index in [4.69, 9.17) is 9.94 Å². The molecule has 0 aliphatic carbocycles. The SMILES string of the molecule is CCc1cc(OC(F)(F)F)cc2c1OC(C(F)(F)F)C(C(=O)OCOC(=O)OCCC(C)ONO)=C2. The molecule has 2 atom stereocenters. The fourth-order valence-electron chi connectivity index (χ4n) is 2.94. The maximum absolute atomic E-state index is 13.6. The Morgan fingerprint density at radius 3 is 2.42 bits per heavy atom. The number of fused-ring (bicyclic) bond motifs is 1. The van der Waals surface area contributed by atoms with E-state index in [0.717, 1.165) is 12.1 Å². The molecule has 1 aliphatic rings. The first-order valence-electron chi connectivity index (χ1n) is 10.1. The quantitative estimate of drug-likeness (QED) is 0.196. The predicted molar refractivity (Wildman–Crippen MR) is 104 cm³/mol. The number of ether oxygens (including phenoxy) is 5. The van der Waals surface area contributed by atoms with Crippen molar-refractivity contribution < 1.29 is 69.7 Å². The molecular weight excluding hydrogens is 512 g/mol. The lowest BCUT2D eigenvalue weighted by Crippen LogP contribution is -2.41. The smallest absolute Gasteiger partial charge is 0.475 e. The Hall–Kier alpha value is -3.24. The van der Waals surface area contributed by atoms with Gasteiger partial charge in [0.25, 0.3) is 0 Å². The average molecular weight is 533 g/mol. The lowest BCUT2D eigenvalue weighted by atomic mass is 9.97. The number of aryl methyl sites for hydroxylation is 1. The van der Waals surface area contributed by atoms with Gasteiger partial charge in [0.05, 0.1) is 18.3 Å². The van der Waals surface area contributed by atoms with Gasteiger partial charge in [-0.1, -0.05) is 12.6 Å². The Morgan fingerprint density at radius 2 is 1.83 bits per heavy atom. The van der Waals surface area contributed by atoms with Crippen LogP contribution in [0.15, 0.2) is 17.7 Å². The number of esters is 1. The first kappa shape index (κ1) is 29.0. The Balaban J connectivity index is 2.14. The summed E-state index contributed by atoms with van der Waals surface area (Å²) in [6.07, 6.45) is -14.1. The van der Waals surface area contributed by atoms with Gasteiger partial charge in [0.1, 0.15) is 11.5 Å². The van der Waals surface area contributed by atoms with Crippen molar-refractivity contribution in [2.75, 3.05) is 13.4 Å². The first-order valence-corrected chi connectivity index (χ1v) is 10.1. The van der Waals surface area contributed by atoms with Crippen molar-refractivity contribution >= 4 is 18.2 Å². The Kier molecular flexibility index (Phi) is 9.77. The first-order chi connectivity index (χ1) is 16.7. The highest BCUT2D eigenvalue weighted by Gasteiger charge is 2.49. The van der Waals surface area contributed by atoms with Crippen molar-refractivity contribution in [3.8, 4) is 11.5 Å². The van der Waals surface area contributed by atoms with Crippen LogP contribution in [-0.4, -0.2) is 55.5 Å². The summed E-state index contributed by atoms with van der Waals surface area (Å²) in [6, 6.07) is 1.64. The van der Waals surface area contributed by atoms with Crippen molar-refractivity contribution in [2.45, 2.75) is 51.4 Å². The second-order valence-corrected chi connectivity index (χ2v) is 7.14. The molecule has 36 heavy (non-hydrogen) atoms. The number of halogens is 6. The summed E-state index contributed by atoms with van der Waals surface area (Å²) in [5.74, 6) is -2.70. The standard InChI is InChI=1S/C20H21F6NO9/c1-3-11-6-13(35-20(24,25)26)7-12-8-14(16(19(21,22)23)34-15(11)12)17(28)32-9-33-18(29)31-5-4-10(2)36-27-30/h6-8,10,16,27,30H,3-5,9H2,1-2H3. The maximum atomic E-state index is 13.6. The van der Waals surface area contributed by atoms with E-state index < -0.39 is 55.0 Å². The number of benzene rings is 1. The van der Waals surface area contributed by atoms with Gasteiger partial charge in [-0.3, -0.25) is 10.0 Å². The van der Waals surface area contributed by atoms with Crippen molar-refractivity contribution in [1.82, 2.24) is 5.64 Å². The summed E-state index contributed by atoms with van der Waals surface area (Å²) in [5, 5.41) is 8.34. The lowest BCUT2D eigenvalue weighted by Gasteiger charge is -2.29. The normalized spacial score (nSPS) is 16.2. The molecule has 0 fully saturated rings. The van der Waals surface area contributed by atoms with Crippen LogP contribution in [0.3, 0.4) is 0 Å². The molecule has 0 amide bonds. The number of hydrogen-bond acceptors (Lipinski definition) is 10. The number of carbonyl (C=O) groups is 2. The van der Waals surface area contributed by atoms with E-state index in [2.05, 4.69) is 23.8 Å². The Morgan fingerprint density at radius 1 is 1.14 bits per heavy atom. The minimum absolute atomic E-state index is 0.00699. The molecule has 16 heteroatoms. The molecule has 0 radical (unpaired) electrons. The molecule has 202 valence electrons. The van der Waals surface area contributed by atoms with Gasteiger partial charge in [-0.25, -0.2) is 9.59 Å². The van der Waals surface area contributed by atoms with Crippen LogP contribution < -0.4 is 15.1 Å². The van der Waals surface area contributed by atoms with E-state index in [1.54, 1.807) is 0 Å². The fraction of sp³-hybridized carbons (Fsp3) is 0.500. The molecule has 1 aliphatic heterocycles. The van der Waals surface area contributed by atoms with Crippen LogP contribution in [0.4, 0.5) is 31.1 Å². The monoisotopic (exact) mass is 533 g/mol. The van der Waals surface area contributed by atoms with E-state index in [1.165, 1.54) is 19.5 Å². The number of rotatable bonds is 10. The van der Waals surface area contributed by atoms with Crippen molar-refractivity contribution in [3.05, 3.63) is 28.8 Å². The molecule has 2 unspecified atom stereocenters. The molecule has 0 bridgehead atoms. The van der Waals surface area contributed by atoms with Crippen LogP contribution in [0.1, 0.15) is 31.4 Å². The second kappa shape index (κ2) is 12.1.